The predicted octanol–water partition coefficient (Wildman–Crippen LogP) is 4.45. The topological polar surface area (TPSA) is 63.9 Å². The number of fused-ring (bicyclic) bond motifs is 1. The van der Waals surface area contributed by atoms with Gasteiger partial charge in [0, 0.05) is 29.3 Å². The van der Waals surface area contributed by atoms with Crippen LogP contribution >= 0.6 is 0 Å². The molecular weight excluding hydrogens is 386 g/mol. The monoisotopic (exact) mass is 417 g/mol. The third-order valence-electron chi connectivity index (χ3n) is 7.02. The van der Waals surface area contributed by atoms with E-state index in [0.29, 0.717) is 24.1 Å². The van der Waals surface area contributed by atoms with Crippen molar-refractivity contribution in [3.05, 3.63) is 42.6 Å². The first-order chi connectivity index (χ1) is 15.2. The lowest BCUT2D eigenvalue weighted by atomic mass is 9.85. The number of Topliss-reactive ketones (excluding diaryl/α,β-unsaturated/α-hetero) is 1. The molecule has 0 unspecified atom stereocenters. The molecule has 0 atom stereocenters. The highest BCUT2D eigenvalue weighted by Crippen LogP contribution is 2.28. The van der Waals surface area contributed by atoms with Crippen molar-refractivity contribution in [1.29, 1.82) is 0 Å². The van der Waals surface area contributed by atoms with Crippen molar-refractivity contribution in [1.82, 2.24) is 24.6 Å². The lowest BCUT2D eigenvalue weighted by Gasteiger charge is -2.28. The van der Waals surface area contributed by atoms with Gasteiger partial charge in [-0.05, 0) is 57.5 Å². The molecule has 6 nitrogen and oxygen atoms in total. The second-order valence-corrected chi connectivity index (χ2v) is 9.28. The summed E-state index contributed by atoms with van der Waals surface area (Å²) >= 11 is 0. The van der Waals surface area contributed by atoms with E-state index in [1.165, 1.54) is 19.3 Å². The highest BCUT2D eigenvalue weighted by atomic mass is 16.1. The van der Waals surface area contributed by atoms with Gasteiger partial charge in [-0.15, -0.1) is 0 Å². The zero-order chi connectivity index (χ0) is 21.2. The SMILES string of the molecule is CN1CCC(n2cc(-c3ccc4cnc(CC(=O)C5CCCCC5)nc4c3)cn2)CC1. The van der Waals surface area contributed by atoms with Crippen molar-refractivity contribution >= 4 is 16.7 Å². The van der Waals surface area contributed by atoms with E-state index >= 15 is 0 Å². The highest BCUT2D eigenvalue weighted by Gasteiger charge is 2.22. The molecule has 3 heterocycles. The number of carbonyl (C=O) groups excluding carboxylic acids is 1. The summed E-state index contributed by atoms with van der Waals surface area (Å²) in [6.07, 6.45) is 14.2. The zero-order valence-corrected chi connectivity index (χ0v) is 18.3. The highest BCUT2D eigenvalue weighted by molar-refractivity contribution is 5.85. The minimum absolute atomic E-state index is 0.199. The van der Waals surface area contributed by atoms with Crippen molar-refractivity contribution in [3.8, 4) is 11.1 Å². The molecule has 3 aromatic rings. The molecule has 2 aliphatic rings. The summed E-state index contributed by atoms with van der Waals surface area (Å²) in [7, 11) is 2.18. The van der Waals surface area contributed by atoms with Crippen molar-refractivity contribution < 1.29 is 4.79 Å². The van der Waals surface area contributed by atoms with Gasteiger partial charge >= 0.3 is 0 Å². The van der Waals surface area contributed by atoms with E-state index in [2.05, 4.69) is 51.1 Å². The Bertz CT molecular complexity index is 1060. The molecule has 1 aliphatic carbocycles. The van der Waals surface area contributed by atoms with Crippen LogP contribution in [0.1, 0.15) is 56.8 Å². The average molecular weight is 418 g/mol. The van der Waals surface area contributed by atoms with E-state index in [1.807, 2.05) is 12.4 Å². The van der Waals surface area contributed by atoms with E-state index in [0.717, 1.165) is 60.8 Å². The Hall–Kier alpha value is -2.60. The third-order valence-corrected chi connectivity index (χ3v) is 7.02. The zero-order valence-electron chi connectivity index (χ0n) is 18.3. The van der Waals surface area contributed by atoms with Crippen molar-refractivity contribution in [3.63, 3.8) is 0 Å². The fourth-order valence-electron chi connectivity index (χ4n) is 5.00. The van der Waals surface area contributed by atoms with Crippen LogP contribution in [0.4, 0.5) is 0 Å². The summed E-state index contributed by atoms with van der Waals surface area (Å²) in [5, 5.41) is 5.65. The number of likely N-dealkylation sites (tertiary alicyclic amines) is 1. The number of carbonyl (C=O) groups is 1. The molecule has 0 N–H and O–H groups in total. The van der Waals surface area contributed by atoms with Gasteiger partial charge in [-0.2, -0.15) is 5.10 Å². The maximum Gasteiger partial charge on any atom is 0.143 e. The maximum absolute atomic E-state index is 12.7. The second kappa shape index (κ2) is 8.87. The summed E-state index contributed by atoms with van der Waals surface area (Å²) in [4.78, 5) is 24.2. The van der Waals surface area contributed by atoms with E-state index in [-0.39, 0.29) is 5.92 Å². The Morgan fingerprint density at radius 2 is 1.84 bits per heavy atom. The first-order valence-electron chi connectivity index (χ1n) is 11.7. The number of hydrogen-bond donors (Lipinski definition) is 0. The van der Waals surface area contributed by atoms with E-state index in [4.69, 9.17) is 4.98 Å². The lowest BCUT2D eigenvalue weighted by Crippen LogP contribution is -2.31. The molecule has 1 saturated carbocycles. The minimum atomic E-state index is 0.199. The van der Waals surface area contributed by atoms with Gasteiger partial charge in [-0.3, -0.25) is 9.48 Å². The van der Waals surface area contributed by atoms with Gasteiger partial charge in [-0.1, -0.05) is 31.4 Å². The average Bonchev–Trinajstić information content (AvgIpc) is 3.30. The maximum atomic E-state index is 12.7. The first kappa shape index (κ1) is 20.3. The molecule has 31 heavy (non-hydrogen) atoms. The molecule has 1 aromatic carbocycles. The van der Waals surface area contributed by atoms with Crippen LogP contribution < -0.4 is 0 Å². The fourth-order valence-corrected chi connectivity index (χ4v) is 5.00. The van der Waals surface area contributed by atoms with E-state index in [9.17, 15) is 4.79 Å². The molecule has 0 bridgehead atoms. The van der Waals surface area contributed by atoms with Crippen LogP contribution in [-0.4, -0.2) is 50.6 Å². The van der Waals surface area contributed by atoms with Gasteiger partial charge in [0.25, 0.3) is 0 Å². The number of ketones is 1. The number of piperidine rings is 1. The molecule has 2 aromatic heterocycles. The Morgan fingerprint density at radius 3 is 2.65 bits per heavy atom. The summed E-state index contributed by atoms with van der Waals surface area (Å²) in [6.45, 7) is 2.24. The van der Waals surface area contributed by atoms with Crippen LogP contribution in [0.15, 0.2) is 36.8 Å². The van der Waals surface area contributed by atoms with Crippen LogP contribution in [0.3, 0.4) is 0 Å². The molecule has 0 spiro atoms. The Kier molecular flexibility index (Phi) is 5.81. The molecule has 1 saturated heterocycles. The number of aromatic nitrogens is 4. The van der Waals surface area contributed by atoms with Crippen molar-refractivity contribution in [2.75, 3.05) is 20.1 Å². The largest absolute Gasteiger partial charge is 0.306 e. The van der Waals surface area contributed by atoms with Gasteiger partial charge in [0.15, 0.2) is 0 Å². The first-order valence-corrected chi connectivity index (χ1v) is 11.7. The van der Waals surface area contributed by atoms with Crippen LogP contribution in [0.2, 0.25) is 0 Å². The molecule has 2 fully saturated rings. The fraction of sp³-hybridized carbons (Fsp3) is 0.520. The summed E-state index contributed by atoms with van der Waals surface area (Å²) in [5.41, 5.74) is 3.11. The quantitative estimate of drug-likeness (QED) is 0.614. The van der Waals surface area contributed by atoms with E-state index in [1.54, 1.807) is 0 Å². The van der Waals surface area contributed by atoms with Gasteiger partial charge in [0.1, 0.15) is 11.6 Å². The Morgan fingerprint density at radius 1 is 1.03 bits per heavy atom. The molecule has 1 aliphatic heterocycles. The Balaban J connectivity index is 1.34. The lowest BCUT2D eigenvalue weighted by molar-refractivity contribution is -0.123. The normalized spacial score (nSPS) is 19.1. The van der Waals surface area contributed by atoms with Gasteiger partial charge in [0.2, 0.25) is 0 Å². The second-order valence-electron chi connectivity index (χ2n) is 9.28. The van der Waals surface area contributed by atoms with Crippen LogP contribution in [0.25, 0.3) is 22.0 Å². The number of rotatable bonds is 5. The molecule has 162 valence electrons. The standard InChI is InChI=1S/C25H31N5O/c1-29-11-9-22(10-12-29)30-17-21(16-27-30)19-7-8-20-15-26-25(28-23(20)13-19)14-24(31)18-5-3-2-4-6-18/h7-8,13,15-18,22H,2-6,9-12,14H2,1H3. The molecular formula is C25H31N5O. The predicted molar refractivity (Wildman–Crippen MR) is 122 cm³/mol. The summed E-state index contributed by atoms with van der Waals surface area (Å²) in [6, 6.07) is 6.74. The van der Waals surface area contributed by atoms with Crippen LogP contribution in [-0.2, 0) is 11.2 Å². The number of nitrogens with zero attached hydrogens (tertiary/aromatic N) is 5. The summed E-state index contributed by atoms with van der Waals surface area (Å²) in [5.74, 6) is 1.14. The molecule has 5 rings (SSSR count). The van der Waals surface area contributed by atoms with Gasteiger partial charge in [-0.25, -0.2) is 9.97 Å². The van der Waals surface area contributed by atoms with Gasteiger partial charge in [0.05, 0.1) is 24.2 Å². The molecule has 0 radical (unpaired) electrons. The smallest absolute Gasteiger partial charge is 0.143 e. The van der Waals surface area contributed by atoms with Crippen LogP contribution in [0.5, 0.6) is 0 Å². The van der Waals surface area contributed by atoms with Crippen LogP contribution in [0, 0.1) is 5.92 Å². The Labute approximate surface area is 183 Å². The molecule has 6 heteroatoms. The van der Waals surface area contributed by atoms with Gasteiger partial charge < -0.3 is 4.90 Å². The minimum Gasteiger partial charge on any atom is -0.306 e. The van der Waals surface area contributed by atoms with Crippen molar-refractivity contribution in [2.45, 2.75) is 57.4 Å². The number of benzene rings is 1. The van der Waals surface area contributed by atoms with E-state index < -0.39 is 0 Å². The van der Waals surface area contributed by atoms with Crippen molar-refractivity contribution in [2.24, 2.45) is 5.92 Å². The third kappa shape index (κ3) is 4.54. The number of hydrogen-bond acceptors (Lipinski definition) is 5. The molecule has 0 amide bonds. The summed E-state index contributed by atoms with van der Waals surface area (Å²) < 4.78 is 2.13.